The van der Waals surface area contributed by atoms with E-state index in [1.807, 2.05) is 2.89 Å². The summed E-state index contributed by atoms with van der Waals surface area (Å²) in [6.07, 6.45) is 17.3. The summed E-state index contributed by atoms with van der Waals surface area (Å²) in [5.41, 5.74) is 1.77. The van der Waals surface area contributed by atoms with Crippen molar-refractivity contribution in [3.63, 3.8) is 0 Å². The molecule has 0 aliphatic heterocycles. The van der Waals surface area contributed by atoms with Gasteiger partial charge in [-0.1, -0.05) is 0 Å². The molecular formula is C29H58SSn2. The molecule has 0 unspecified atom stereocenters. The number of rotatable bonds is 20. The molecule has 1 rings (SSSR count). The molecule has 0 saturated carbocycles. The van der Waals surface area contributed by atoms with Gasteiger partial charge < -0.3 is 0 Å². The predicted octanol–water partition coefficient (Wildman–Crippen LogP) is 10.2. The summed E-state index contributed by atoms with van der Waals surface area (Å²) in [7, 11) is 0. The first-order chi connectivity index (χ1) is 15.5. The van der Waals surface area contributed by atoms with Crippen LogP contribution in [0.3, 0.4) is 0 Å². The molecule has 0 aliphatic rings. The van der Waals surface area contributed by atoms with Gasteiger partial charge in [0, 0.05) is 0 Å². The molecule has 0 bridgehead atoms. The van der Waals surface area contributed by atoms with Crippen molar-refractivity contribution in [3.8, 4) is 0 Å². The zero-order valence-corrected chi connectivity index (χ0v) is 29.7. The first-order valence-electron chi connectivity index (χ1n) is 14.6. The first kappa shape index (κ1) is 31.3. The molecule has 0 fully saturated rings. The van der Waals surface area contributed by atoms with E-state index in [1.165, 1.54) is 77.0 Å². The average molecular weight is 676 g/mol. The molecule has 3 heteroatoms. The SMILES string of the molecule is CCC[CH2][Sn]([CH2]CCC)([CH2]CCC)[c]1cc(C)[c]([Sn]([CH2]CCC)([CH2]CCC)[CH2]CCC)s1. The Bertz CT molecular complexity index is 548. The van der Waals surface area contributed by atoms with E-state index in [2.05, 4.69) is 68.8 Å². The summed E-state index contributed by atoms with van der Waals surface area (Å²) in [5, 5.41) is 0. The van der Waals surface area contributed by atoms with Crippen LogP contribution in [0.5, 0.6) is 0 Å². The van der Waals surface area contributed by atoms with E-state index in [0.29, 0.717) is 0 Å². The van der Waals surface area contributed by atoms with Crippen LogP contribution in [0.25, 0.3) is 0 Å². The van der Waals surface area contributed by atoms with Gasteiger partial charge in [-0.15, -0.1) is 0 Å². The molecule has 0 amide bonds. The van der Waals surface area contributed by atoms with Crippen LogP contribution in [0.1, 0.15) is 124 Å². The van der Waals surface area contributed by atoms with E-state index in [4.69, 9.17) is 0 Å². The van der Waals surface area contributed by atoms with Gasteiger partial charge in [0.15, 0.2) is 0 Å². The van der Waals surface area contributed by atoms with Gasteiger partial charge >= 0.3 is 218 Å². The molecule has 1 heterocycles. The third-order valence-electron chi connectivity index (χ3n) is 7.98. The molecule has 0 nitrogen and oxygen atoms in total. The van der Waals surface area contributed by atoms with E-state index in [1.54, 1.807) is 32.2 Å². The van der Waals surface area contributed by atoms with Gasteiger partial charge in [0.05, 0.1) is 0 Å². The fourth-order valence-electron chi connectivity index (χ4n) is 5.82. The normalized spacial score (nSPS) is 12.6. The van der Waals surface area contributed by atoms with E-state index in [9.17, 15) is 0 Å². The van der Waals surface area contributed by atoms with Gasteiger partial charge in [-0.05, 0) is 0 Å². The maximum absolute atomic E-state index is 2.83. The molecule has 0 aromatic carbocycles. The second-order valence-electron chi connectivity index (χ2n) is 10.8. The van der Waals surface area contributed by atoms with Crippen molar-refractivity contribution in [3.05, 3.63) is 11.6 Å². The van der Waals surface area contributed by atoms with Crippen molar-refractivity contribution in [2.75, 3.05) is 0 Å². The van der Waals surface area contributed by atoms with Crippen LogP contribution < -0.4 is 5.79 Å². The minimum absolute atomic E-state index is 1.39. The Hall–Kier alpha value is 1.30. The molecule has 0 saturated heterocycles. The summed E-state index contributed by atoms with van der Waals surface area (Å²) >= 11 is -2.16. The number of unbranched alkanes of at least 4 members (excludes halogenated alkanes) is 6. The number of hydrogen-bond donors (Lipinski definition) is 0. The second kappa shape index (κ2) is 17.7. The molecule has 0 aliphatic carbocycles. The standard InChI is InChI=1S/C5H4S.6C4H9.2Sn/c1-5-2-3-6-4-5;6*1-3-4-2;;/h2H,1H3;6*1,3-4H2,2H3;;. The topological polar surface area (TPSA) is 0 Å². The maximum atomic E-state index is 2.83. The van der Waals surface area contributed by atoms with Crippen molar-refractivity contribution in [2.45, 2.75) is 152 Å². The Kier molecular flexibility index (Phi) is 17.3. The Morgan fingerprint density at radius 2 is 0.844 bits per heavy atom. The molecular weight excluding hydrogens is 618 g/mol. The van der Waals surface area contributed by atoms with E-state index in [0.717, 1.165) is 0 Å². The average Bonchev–Trinajstić information content (AvgIpc) is 3.21. The van der Waals surface area contributed by atoms with Crippen LogP contribution in [-0.2, 0) is 0 Å². The minimum atomic E-state index is -2.32. The molecule has 1 aromatic rings. The first-order valence-corrected chi connectivity index (χ1v) is 30.4. The van der Waals surface area contributed by atoms with Crippen LogP contribution in [0, 0.1) is 6.92 Å². The van der Waals surface area contributed by atoms with Crippen LogP contribution in [-0.4, -0.2) is 36.8 Å². The summed E-state index contributed by atoms with van der Waals surface area (Å²) < 4.78 is 13.9. The Morgan fingerprint density at radius 3 is 1.16 bits per heavy atom. The van der Waals surface area contributed by atoms with Crippen molar-refractivity contribution in [1.82, 2.24) is 0 Å². The van der Waals surface area contributed by atoms with Gasteiger partial charge in [0.1, 0.15) is 0 Å². The molecule has 0 atom stereocenters. The number of hydrogen-bond acceptors (Lipinski definition) is 1. The van der Waals surface area contributed by atoms with E-state index in [-0.39, 0.29) is 0 Å². The summed E-state index contributed by atoms with van der Waals surface area (Å²) in [4.78, 5) is 0. The van der Waals surface area contributed by atoms with Gasteiger partial charge in [-0.2, -0.15) is 0 Å². The van der Waals surface area contributed by atoms with Crippen molar-refractivity contribution in [2.24, 2.45) is 0 Å². The fourth-order valence-corrected chi connectivity index (χ4v) is 49.1. The van der Waals surface area contributed by atoms with Crippen molar-refractivity contribution < 1.29 is 0 Å². The molecule has 188 valence electrons. The Labute approximate surface area is 215 Å². The Morgan fingerprint density at radius 1 is 0.531 bits per heavy atom. The van der Waals surface area contributed by atoms with Crippen LogP contribution >= 0.6 is 11.3 Å². The van der Waals surface area contributed by atoms with E-state index < -0.39 is 36.8 Å². The summed E-state index contributed by atoms with van der Waals surface area (Å²) in [6.45, 7) is 17.1. The Balaban J connectivity index is 3.51. The number of thiophene rings is 1. The monoisotopic (exact) mass is 678 g/mol. The van der Waals surface area contributed by atoms with Crippen molar-refractivity contribution >= 4 is 53.9 Å². The van der Waals surface area contributed by atoms with Gasteiger partial charge in [0.2, 0.25) is 0 Å². The fraction of sp³-hybridized carbons (Fsp3) is 0.862. The zero-order chi connectivity index (χ0) is 23.9. The third-order valence-corrected chi connectivity index (χ3v) is 46.1. The summed E-state index contributed by atoms with van der Waals surface area (Å²) in [6, 6.07) is 2.83. The molecule has 0 radical (unpaired) electrons. The molecule has 0 spiro atoms. The predicted molar refractivity (Wildman–Crippen MR) is 158 cm³/mol. The second-order valence-corrected chi connectivity index (χ2v) is 40.1. The molecule has 1 aromatic heterocycles. The molecule has 32 heavy (non-hydrogen) atoms. The van der Waals surface area contributed by atoms with Gasteiger partial charge in [-0.25, -0.2) is 0 Å². The van der Waals surface area contributed by atoms with E-state index >= 15 is 0 Å². The van der Waals surface area contributed by atoms with Gasteiger partial charge in [0.25, 0.3) is 0 Å². The quantitative estimate of drug-likeness (QED) is 0.121. The van der Waals surface area contributed by atoms with Crippen LogP contribution in [0.2, 0.25) is 26.6 Å². The van der Waals surface area contributed by atoms with Crippen LogP contribution in [0.15, 0.2) is 6.07 Å². The number of aryl methyl sites for hydroxylation is 1. The zero-order valence-electron chi connectivity index (χ0n) is 23.2. The summed E-state index contributed by atoms with van der Waals surface area (Å²) in [5.74, 6) is 0. The van der Waals surface area contributed by atoms with Gasteiger partial charge in [-0.3, -0.25) is 0 Å². The molecule has 0 N–H and O–H groups in total. The van der Waals surface area contributed by atoms with Crippen LogP contribution in [0.4, 0.5) is 0 Å². The third kappa shape index (κ3) is 9.40. The van der Waals surface area contributed by atoms with Crippen molar-refractivity contribution in [1.29, 1.82) is 0 Å².